The molecule has 3 aromatic carbocycles. The van der Waals surface area contributed by atoms with Crippen molar-refractivity contribution in [2.75, 3.05) is 65.7 Å². The average molecular weight is 1060 g/mol. The normalized spacial score (nSPS) is 18.4. The van der Waals surface area contributed by atoms with Crippen LogP contribution in [0.25, 0.3) is 22.5 Å². The van der Waals surface area contributed by atoms with Crippen molar-refractivity contribution in [1.82, 2.24) is 40.8 Å². The van der Waals surface area contributed by atoms with E-state index in [1.807, 2.05) is 45.0 Å². The molecular formula is C59H81N9O9. The highest BCUT2D eigenvalue weighted by Crippen LogP contribution is 2.49. The number of rotatable bonds is 24. The maximum Gasteiger partial charge on any atom is 0.407 e. The zero-order valence-electron chi connectivity index (χ0n) is 46.7. The van der Waals surface area contributed by atoms with E-state index < -0.39 is 24.3 Å². The number of methoxy groups -OCH3 is 3. The Kier molecular flexibility index (Phi) is 20.3. The van der Waals surface area contributed by atoms with Gasteiger partial charge in [0.2, 0.25) is 11.8 Å². The average Bonchev–Trinajstić information content (AvgIpc) is 4.30. The molecule has 5 aromatic rings. The van der Waals surface area contributed by atoms with Crippen LogP contribution in [0.15, 0.2) is 85.2 Å². The molecule has 4 heterocycles. The third-order valence-corrected chi connectivity index (χ3v) is 14.7. The molecule has 2 fully saturated rings. The van der Waals surface area contributed by atoms with Gasteiger partial charge in [-0.05, 0) is 82.9 Å². The zero-order chi connectivity index (χ0) is 55.2. The number of carbonyl (C=O) groups is 4. The van der Waals surface area contributed by atoms with Crippen LogP contribution in [0, 0.1) is 11.8 Å². The molecule has 0 saturated carbocycles. The minimum absolute atomic E-state index is 0.0219. The number of H-pyrrole nitrogens is 2. The van der Waals surface area contributed by atoms with Gasteiger partial charge in [-0.2, -0.15) is 0 Å². The van der Waals surface area contributed by atoms with E-state index in [0.29, 0.717) is 45.3 Å². The first-order valence-electron chi connectivity index (χ1n) is 27.1. The van der Waals surface area contributed by atoms with E-state index in [0.717, 1.165) is 83.7 Å². The highest BCUT2D eigenvalue weighted by atomic mass is 16.5. The van der Waals surface area contributed by atoms with Gasteiger partial charge in [0.15, 0.2) is 0 Å². The van der Waals surface area contributed by atoms with Crippen LogP contribution in [0.3, 0.4) is 0 Å². The number of nitrogens with zero attached hydrogens (tertiary/aromatic N) is 4. The van der Waals surface area contributed by atoms with Crippen molar-refractivity contribution in [1.29, 1.82) is 0 Å². The molecule has 2 aliphatic heterocycles. The zero-order valence-corrected chi connectivity index (χ0v) is 46.7. The van der Waals surface area contributed by atoms with Crippen LogP contribution in [-0.4, -0.2) is 128 Å². The summed E-state index contributed by atoms with van der Waals surface area (Å²) in [6.45, 7) is 17.2. The summed E-state index contributed by atoms with van der Waals surface area (Å²) in [6, 6.07) is 24.5. The molecule has 0 aliphatic carbocycles. The van der Waals surface area contributed by atoms with Crippen molar-refractivity contribution in [3.8, 4) is 22.5 Å². The first kappa shape index (κ1) is 57.9. The van der Waals surface area contributed by atoms with E-state index in [9.17, 15) is 19.2 Å². The van der Waals surface area contributed by atoms with Gasteiger partial charge >= 0.3 is 12.2 Å². The number of aromatic nitrogens is 4. The molecular weight excluding hydrogens is 979 g/mol. The van der Waals surface area contributed by atoms with Gasteiger partial charge < -0.3 is 59.4 Å². The molecule has 2 aliphatic rings. The molecule has 2 aromatic heterocycles. The van der Waals surface area contributed by atoms with Gasteiger partial charge in [-0.15, -0.1) is 0 Å². The molecule has 18 nitrogen and oxygen atoms in total. The van der Waals surface area contributed by atoms with Gasteiger partial charge in [0.1, 0.15) is 23.7 Å². The van der Waals surface area contributed by atoms with Crippen molar-refractivity contribution in [3.05, 3.63) is 114 Å². The molecule has 416 valence electrons. The predicted octanol–water partition coefficient (Wildman–Crippen LogP) is 9.37. The molecule has 2 saturated heterocycles. The van der Waals surface area contributed by atoms with Gasteiger partial charge in [-0.3, -0.25) is 9.59 Å². The summed E-state index contributed by atoms with van der Waals surface area (Å²) in [5.41, 5.74) is 8.33. The van der Waals surface area contributed by atoms with E-state index in [1.165, 1.54) is 19.8 Å². The third kappa shape index (κ3) is 14.8. The summed E-state index contributed by atoms with van der Waals surface area (Å²) in [5, 5.41) is 8.29. The number of aromatic amines is 2. The fourth-order valence-electron chi connectivity index (χ4n) is 10.3. The Labute approximate surface area is 454 Å². The number of alkyl carbamates (subject to hydrolysis) is 2. The Bertz CT molecular complexity index is 2680. The summed E-state index contributed by atoms with van der Waals surface area (Å²) >= 11 is 0. The third-order valence-electron chi connectivity index (χ3n) is 14.7. The van der Waals surface area contributed by atoms with Crippen LogP contribution in [0.1, 0.15) is 127 Å². The van der Waals surface area contributed by atoms with E-state index in [-0.39, 0.29) is 53.3 Å². The highest BCUT2D eigenvalue weighted by Gasteiger charge is 2.44. The Morgan fingerprint density at radius 1 is 0.714 bits per heavy atom. The van der Waals surface area contributed by atoms with Crippen LogP contribution in [0.5, 0.6) is 0 Å². The second kappa shape index (κ2) is 27.0. The van der Waals surface area contributed by atoms with E-state index in [2.05, 4.69) is 129 Å². The van der Waals surface area contributed by atoms with Gasteiger partial charge in [0.05, 0.1) is 88.7 Å². The number of aryl methyl sites for hydroxylation is 1. The van der Waals surface area contributed by atoms with Gasteiger partial charge in [-0.1, -0.05) is 109 Å². The Balaban J connectivity index is 1.10. The Hall–Kier alpha value is -6.76. The first-order valence-corrected chi connectivity index (χ1v) is 27.1. The van der Waals surface area contributed by atoms with Crippen LogP contribution in [0.4, 0.5) is 15.3 Å². The number of imidazole rings is 2. The van der Waals surface area contributed by atoms with E-state index in [4.69, 9.17) is 28.9 Å². The molecule has 4 amide bonds. The van der Waals surface area contributed by atoms with Gasteiger partial charge in [-0.25, -0.2) is 19.6 Å². The van der Waals surface area contributed by atoms with Crippen LogP contribution in [-0.2, 0) is 45.1 Å². The number of hydrogen-bond acceptors (Lipinski definition) is 12. The summed E-state index contributed by atoms with van der Waals surface area (Å²) in [4.78, 5) is 71.5. The topological polar surface area (TPSA) is 214 Å². The smallest absolute Gasteiger partial charge is 0.407 e. The molecule has 0 radical (unpaired) electrons. The van der Waals surface area contributed by atoms with Crippen LogP contribution >= 0.6 is 0 Å². The lowest BCUT2D eigenvalue weighted by molar-refractivity contribution is -0.135. The summed E-state index contributed by atoms with van der Waals surface area (Å²) in [6.07, 6.45) is 6.85. The lowest BCUT2D eigenvalue weighted by atomic mass is 9.87. The molecule has 6 unspecified atom stereocenters. The van der Waals surface area contributed by atoms with Crippen LogP contribution in [0.2, 0.25) is 0 Å². The quantitative estimate of drug-likeness (QED) is 0.0366. The number of nitrogens with one attached hydrogen (secondary N) is 5. The fourth-order valence-corrected chi connectivity index (χ4v) is 10.3. The maximum absolute atomic E-state index is 13.9. The standard InChI is InChI=1S/C59H81N9O9/c1-37(2)51(65-57(71)74-9)55(69)60-28-12-11-15-50-61-35-45(63-50)39-16-20-41(21-17-39)48-34-49(77-33-32-76-31-30-73-8)53(68(48)44-26-24-43(25-27-44)59(5,6)7)42-22-18-40(19-23-42)46-36-62-54(64-46)47-14-13-29-67(47)56(70)52(38(3)4)66-58(72)75-10/h16-27,35-38,47-49,51-53H,11-15,28-34H2,1-10H3,(H,60,69)(H,61,63)(H,62,64)(H,65,71)(H,66,72). The predicted molar refractivity (Wildman–Crippen MR) is 296 cm³/mol. The summed E-state index contributed by atoms with van der Waals surface area (Å²) < 4.78 is 27.5. The van der Waals surface area contributed by atoms with E-state index >= 15 is 0 Å². The number of unbranched alkanes of at least 4 members (excludes halogenated alkanes) is 1. The Morgan fingerprint density at radius 3 is 1.95 bits per heavy atom. The monoisotopic (exact) mass is 1060 g/mol. The molecule has 7 rings (SSSR count). The number of amides is 4. The highest BCUT2D eigenvalue weighted by molar-refractivity contribution is 5.87. The molecule has 77 heavy (non-hydrogen) atoms. The van der Waals surface area contributed by atoms with Crippen molar-refractivity contribution < 1.29 is 42.9 Å². The van der Waals surface area contributed by atoms with Crippen LogP contribution < -0.4 is 20.9 Å². The number of benzene rings is 3. The van der Waals surface area contributed by atoms with Crippen molar-refractivity contribution >= 4 is 29.7 Å². The molecule has 0 bridgehead atoms. The molecule has 6 atom stereocenters. The van der Waals surface area contributed by atoms with Gasteiger partial charge in [0, 0.05) is 38.7 Å². The second-order valence-electron chi connectivity index (χ2n) is 21.7. The Morgan fingerprint density at radius 2 is 1.32 bits per heavy atom. The van der Waals surface area contributed by atoms with Gasteiger partial charge in [0.25, 0.3) is 0 Å². The maximum atomic E-state index is 13.9. The number of hydrogen-bond donors (Lipinski definition) is 5. The van der Waals surface area contributed by atoms with E-state index in [1.54, 1.807) is 7.11 Å². The van der Waals surface area contributed by atoms with Crippen molar-refractivity contribution in [2.24, 2.45) is 11.8 Å². The minimum Gasteiger partial charge on any atom is -0.453 e. The largest absolute Gasteiger partial charge is 0.453 e. The SMILES string of the molecule is COCCOCCOC1CC(c2ccc(-c3cnc(CCCCNC(=O)C(NC(=O)OC)C(C)C)[nH]3)cc2)N(c2ccc(C(C)(C)C)cc2)C1c1ccc(-c2cnc(C3CCCN3C(=O)C(NC(=O)OC)C(C)C)[nH]2)cc1. The first-order chi connectivity index (χ1) is 37.0. The lowest BCUT2D eigenvalue weighted by Crippen LogP contribution is -2.51. The number of carbonyl (C=O) groups excluding carboxylic acids is 4. The van der Waals surface area contributed by atoms with Crippen molar-refractivity contribution in [3.63, 3.8) is 0 Å². The summed E-state index contributed by atoms with van der Waals surface area (Å²) in [5.74, 6) is 0.977. The fraction of sp³-hybridized carbons (Fsp3) is 0.525. The second-order valence-corrected chi connectivity index (χ2v) is 21.7. The molecule has 5 N–H and O–H groups in total. The molecule has 0 spiro atoms. The number of ether oxygens (including phenoxy) is 5. The van der Waals surface area contributed by atoms with Crippen molar-refractivity contribution in [2.45, 2.75) is 129 Å². The minimum atomic E-state index is -0.718. The number of likely N-dealkylation sites (tertiary alicyclic amines) is 1. The lowest BCUT2D eigenvalue weighted by Gasteiger charge is -2.35. The summed E-state index contributed by atoms with van der Waals surface area (Å²) in [7, 11) is 4.24. The molecule has 18 heteroatoms. The number of anilines is 1.